The minimum atomic E-state index is -3.80. The Kier molecular flexibility index (Phi) is 6.31. The highest BCUT2D eigenvalue weighted by molar-refractivity contribution is 7.89. The van der Waals surface area contributed by atoms with Gasteiger partial charge in [0.15, 0.2) is 0 Å². The van der Waals surface area contributed by atoms with E-state index in [1.807, 2.05) is 30.3 Å². The van der Waals surface area contributed by atoms with E-state index < -0.39 is 28.1 Å². The van der Waals surface area contributed by atoms with E-state index in [0.29, 0.717) is 5.69 Å². The van der Waals surface area contributed by atoms with Crippen molar-refractivity contribution in [1.29, 1.82) is 0 Å². The number of ether oxygens (including phenoxy) is 1. The minimum absolute atomic E-state index is 0.0637. The van der Waals surface area contributed by atoms with Crippen molar-refractivity contribution in [1.82, 2.24) is 5.32 Å². The average molecular weight is 377 g/mol. The molecule has 4 N–H and O–H groups in total. The van der Waals surface area contributed by atoms with Crippen molar-refractivity contribution in [3.63, 3.8) is 0 Å². The topological polar surface area (TPSA) is 128 Å². The van der Waals surface area contributed by atoms with E-state index in [-0.39, 0.29) is 11.5 Å². The molecule has 0 saturated carbocycles. The lowest BCUT2D eigenvalue weighted by atomic mass is 10.2. The van der Waals surface area contributed by atoms with Gasteiger partial charge in [-0.15, -0.1) is 0 Å². The summed E-state index contributed by atoms with van der Waals surface area (Å²) in [6, 6.07) is 13.6. The van der Waals surface area contributed by atoms with Crippen LogP contribution < -0.4 is 15.8 Å². The molecule has 0 aliphatic heterocycles. The maximum absolute atomic E-state index is 12.1. The van der Waals surface area contributed by atoms with Crippen molar-refractivity contribution >= 4 is 27.7 Å². The Bertz CT molecular complexity index is 867. The monoisotopic (exact) mass is 377 g/mol. The fourth-order valence-electron chi connectivity index (χ4n) is 1.99. The first-order valence-corrected chi connectivity index (χ1v) is 9.21. The second kappa shape index (κ2) is 8.45. The Balaban J connectivity index is 1.84. The molecule has 0 aromatic heterocycles. The lowest BCUT2D eigenvalue weighted by Crippen LogP contribution is -2.41. The molecule has 138 valence electrons. The van der Waals surface area contributed by atoms with Crippen LogP contribution >= 0.6 is 0 Å². The maximum atomic E-state index is 12.1. The molecule has 26 heavy (non-hydrogen) atoms. The summed E-state index contributed by atoms with van der Waals surface area (Å²) in [7, 11) is -3.80. The van der Waals surface area contributed by atoms with Gasteiger partial charge in [0.05, 0.1) is 4.90 Å². The van der Waals surface area contributed by atoms with Crippen LogP contribution in [-0.2, 0) is 26.2 Å². The van der Waals surface area contributed by atoms with Crippen LogP contribution in [0.2, 0.25) is 0 Å². The molecule has 0 saturated heterocycles. The SMILES string of the molecule is C[C@H](NC(=O)OCc1ccccc1)C(=O)Nc1ccc(S(N)(=O)=O)cc1. The molecule has 0 fully saturated rings. The molecule has 0 aliphatic carbocycles. The van der Waals surface area contributed by atoms with Gasteiger partial charge in [0, 0.05) is 5.69 Å². The number of amides is 2. The Hall–Kier alpha value is -2.91. The Labute approximate surface area is 151 Å². The van der Waals surface area contributed by atoms with E-state index in [1.54, 1.807) is 0 Å². The zero-order valence-corrected chi connectivity index (χ0v) is 14.8. The van der Waals surface area contributed by atoms with Gasteiger partial charge >= 0.3 is 6.09 Å². The van der Waals surface area contributed by atoms with E-state index in [9.17, 15) is 18.0 Å². The molecule has 2 aromatic carbocycles. The second-order valence-corrected chi connectivity index (χ2v) is 7.05. The van der Waals surface area contributed by atoms with Crippen molar-refractivity contribution < 1.29 is 22.7 Å². The molecule has 0 bridgehead atoms. The van der Waals surface area contributed by atoms with Crippen molar-refractivity contribution in [2.75, 3.05) is 5.32 Å². The van der Waals surface area contributed by atoms with Crippen LogP contribution in [0.25, 0.3) is 0 Å². The molecule has 0 spiro atoms. The number of nitrogens with one attached hydrogen (secondary N) is 2. The normalized spacial score (nSPS) is 12.1. The molecule has 2 amide bonds. The van der Waals surface area contributed by atoms with Crippen LogP contribution in [0.5, 0.6) is 0 Å². The highest BCUT2D eigenvalue weighted by atomic mass is 32.2. The van der Waals surface area contributed by atoms with E-state index in [2.05, 4.69) is 10.6 Å². The third-order valence-electron chi connectivity index (χ3n) is 3.39. The predicted molar refractivity (Wildman–Crippen MR) is 95.7 cm³/mol. The number of benzene rings is 2. The van der Waals surface area contributed by atoms with E-state index in [0.717, 1.165) is 5.56 Å². The molecule has 0 unspecified atom stereocenters. The van der Waals surface area contributed by atoms with Gasteiger partial charge in [-0.25, -0.2) is 18.4 Å². The highest BCUT2D eigenvalue weighted by Crippen LogP contribution is 2.13. The molecule has 9 heteroatoms. The predicted octanol–water partition coefficient (Wildman–Crippen LogP) is 1.59. The average Bonchev–Trinajstić information content (AvgIpc) is 2.60. The van der Waals surface area contributed by atoms with Gasteiger partial charge in [0.1, 0.15) is 12.6 Å². The van der Waals surface area contributed by atoms with Gasteiger partial charge in [-0.05, 0) is 36.8 Å². The molecule has 2 aromatic rings. The van der Waals surface area contributed by atoms with Crippen molar-refractivity contribution in [3.8, 4) is 0 Å². The van der Waals surface area contributed by atoms with Gasteiger partial charge in [0.2, 0.25) is 15.9 Å². The molecular weight excluding hydrogens is 358 g/mol. The number of primary sulfonamides is 1. The number of carbonyl (C=O) groups excluding carboxylic acids is 2. The lowest BCUT2D eigenvalue weighted by Gasteiger charge is -2.14. The summed E-state index contributed by atoms with van der Waals surface area (Å²) < 4.78 is 27.4. The number of hydrogen-bond acceptors (Lipinski definition) is 5. The van der Waals surface area contributed by atoms with Gasteiger partial charge in [-0.1, -0.05) is 30.3 Å². The van der Waals surface area contributed by atoms with Crippen LogP contribution in [0.3, 0.4) is 0 Å². The van der Waals surface area contributed by atoms with Crippen LogP contribution in [-0.4, -0.2) is 26.5 Å². The largest absolute Gasteiger partial charge is 0.445 e. The zero-order chi connectivity index (χ0) is 19.2. The quantitative estimate of drug-likeness (QED) is 0.704. The van der Waals surface area contributed by atoms with Crippen molar-refractivity contribution in [3.05, 3.63) is 60.2 Å². The smallest absolute Gasteiger partial charge is 0.408 e. The number of nitrogens with two attached hydrogens (primary N) is 1. The maximum Gasteiger partial charge on any atom is 0.408 e. The van der Waals surface area contributed by atoms with E-state index in [4.69, 9.17) is 9.88 Å². The van der Waals surface area contributed by atoms with Crippen molar-refractivity contribution in [2.45, 2.75) is 24.5 Å². The number of hydrogen-bond donors (Lipinski definition) is 3. The van der Waals surface area contributed by atoms with E-state index in [1.165, 1.54) is 31.2 Å². The first-order valence-electron chi connectivity index (χ1n) is 7.66. The second-order valence-electron chi connectivity index (χ2n) is 5.49. The summed E-state index contributed by atoms with van der Waals surface area (Å²) in [5.41, 5.74) is 1.20. The van der Waals surface area contributed by atoms with Gasteiger partial charge in [-0.2, -0.15) is 0 Å². The number of rotatable bonds is 6. The highest BCUT2D eigenvalue weighted by Gasteiger charge is 2.17. The first kappa shape index (κ1) is 19.4. The number of sulfonamides is 1. The minimum Gasteiger partial charge on any atom is -0.445 e. The Morgan fingerprint density at radius 1 is 1.08 bits per heavy atom. The summed E-state index contributed by atoms with van der Waals surface area (Å²) in [5, 5.41) is 9.98. The number of anilines is 1. The van der Waals surface area contributed by atoms with Gasteiger partial charge in [-0.3, -0.25) is 4.79 Å². The fraction of sp³-hybridized carbons (Fsp3) is 0.176. The summed E-state index contributed by atoms with van der Waals surface area (Å²) in [6.07, 6.45) is -0.721. The first-order chi connectivity index (χ1) is 12.3. The third kappa shape index (κ3) is 5.87. The molecule has 0 heterocycles. The Morgan fingerprint density at radius 3 is 2.27 bits per heavy atom. The summed E-state index contributed by atoms with van der Waals surface area (Å²) in [4.78, 5) is 23.8. The van der Waals surface area contributed by atoms with E-state index >= 15 is 0 Å². The summed E-state index contributed by atoms with van der Waals surface area (Å²) in [6.45, 7) is 1.59. The summed E-state index contributed by atoms with van der Waals surface area (Å²) >= 11 is 0. The van der Waals surface area contributed by atoms with Crippen LogP contribution in [0.4, 0.5) is 10.5 Å². The van der Waals surface area contributed by atoms with Crippen molar-refractivity contribution in [2.24, 2.45) is 5.14 Å². The molecule has 0 radical (unpaired) electrons. The third-order valence-corrected chi connectivity index (χ3v) is 4.32. The fourth-order valence-corrected chi connectivity index (χ4v) is 2.50. The Morgan fingerprint density at radius 2 is 1.69 bits per heavy atom. The molecule has 0 aliphatic rings. The number of alkyl carbamates (subject to hydrolysis) is 1. The van der Waals surface area contributed by atoms with Crippen LogP contribution in [0, 0.1) is 0 Å². The van der Waals surface area contributed by atoms with Crippen LogP contribution in [0.15, 0.2) is 59.5 Å². The zero-order valence-electron chi connectivity index (χ0n) is 14.0. The van der Waals surface area contributed by atoms with Gasteiger partial charge < -0.3 is 15.4 Å². The lowest BCUT2D eigenvalue weighted by molar-refractivity contribution is -0.117. The summed E-state index contributed by atoms with van der Waals surface area (Å²) in [5.74, 6) is -0.481. The number of carbonyl (C=O) groups is 2. The molecule has 8 nitrogen and oxygen atoms in total. The van der Waals surface area contributed by atoms with Gasteiger partial charge in [0.25, 0.3) is 0 Å². The molecule has 1 atom stereocenters. The molecular formula is C17H19N3O5S. The van der Waals surface area contributed by atoms with Crippen LogP contribution in [0.1, 0.15) is 12.5 Å². The standard InChI is InChI=1S/C17H19N3O5S/c1-12(19-17(22)25-11-13-5-3-2-4-6-13)16(21)20-14-7-9-15(10-8-14)26(18,23)24/h2-10,12H,11H2,1H3,(H,19,22)(H,20,21)(H2,18,23,24)/t12-/m0/s1. The molecule has 2 rings (SSSR count).